The van der Waals surface area contributed by atoms with Gasteiger partial charge in [0.1, 0.15) is 5.70 Å². The summed E-state index contributed by atoms with van der Waals surface area (Å²) in [6.07, 6.45) is 1.62. The van der Waals surface area contributed by atoms with Gasteiger partial charge < -0.3 is 25.4 Å². The predicted molar refractivity (Wildman–Crippen MR) is 163 cm³/mol. The number of nitrogens with one attached hydrogen (secondary N) is 3. The molecule has 206 valence electrons. The normalized spacial score (nSPS) is 12.0. The summed E-state index contributed by atoms with van der Waals surface area (Å²) in [6, 6.07) is 28.4. The van der Waals surface area contributed by atoms with Gasteiger partial charge in [0.25, 0.3) is 11.8 Å². The van der Waals surface area contributed by atoms with Gasteiger partial charge in [0.05, 0.1) is 5.75 Å². The van der Waals surface area contributed by atoms with Gasteiger partial charge >= 0.3 is 0 Å². The number of fused-ring (bicyclic) bond motifs is 1. The van der Waals surface area contributed by atoms with E-state index in [0.29, 0.717) is 28.4 Å². The van der Waals surface area contributed by atoms with Crippen molar-refractivity contribution in [1.29, 1.82) is 0 Å². The first-order valence-corrected chi connectivity index (χ1v) is 14.3. The first kappa shape index (κ1) is 28.0. The number of carbonyl (C=O) groups is 3. The van der Waals surface area contributed by atoms with Gasteiger partial charge in [-0.15, -0.1) is 11.8 Å². The highest BCUT2D eigenvalue weighted by atomic mass is 79.9. The zero-order valence-electron chi connectivity index (χ0n) is 21.6. The van der Waals surface area contributed by atoms with Crippen LogP contribution < -0.4 is 25.4 Å². The zero-order chi connectivity index (χ0) is 28.6. The van der Waals surface area contributed by atoms with Gasteiger partial charge in [-0.2, -0.15) is 0 Å². The van der Waals surface area contributed by atoms with Crippen LogP contribution >= 0.6 is 27.7 Å². The second-order valence-corrected chi connectivity index (χ2v) is 10.8. The molecule has 10 heteroatoms. The number of carbonyl (C=O) groups excluding carboxylic acids is 3. The molecule has 1 heterocycles. The van der Waals surface area contributed by atoms with E-state index in [1.807, 2.05) is 42.5 Å². The smallest absolute Gasteiger partial charge is 0.272 e. The van der Waals surface area contributed by atoms with Crippen molar-refractivity contribution in [3.63, 3.8) is 0 Å². The first-order valence-electron chi connectivity index (χ1n) is 12.5. The quantitative estimate of drug-likeness (QED) is 0.148. The van der Waals surface area contributed by atoms with Crippen LogP contribution in [0.1, 0.15) is 15.9 Å². The van der Waals surface area contributed by atoms with Gasteiger partial charge in [-0.1, -0.05) is 46.3 Å². The van der Waals surface area contributed by atoms with E-state index in [9.17, 15) is 14.4 Å². The second-order valence-electron chi connectivity index (χ2n) is 8.81. The molecule has 0 unspecified atom stereocenters. The Labute approximate surface area is 249 Å². The zero-order valence-corrected chi connectivity index (χ0v) is 24.0. The Bertz CT molecular complexity index is 1590. The molecule has 0 spiro atoms. The van der Waals surface area contributed by atoms with Crippen molar-refractivity contribution in [1.82, 2.24) is 5.32 Å². The highest BCUT2D eigenvalue weighted by molar-refractivity contribution is 9.10. The molecule has 0 bridgehead atoms. The van der Waals surface area contributed by atoms with Crippen molar-refractivity contribution < 1.29 is 23.9 Å². The van der Waals surface area contributed by atoms with Gasteiger partial charge in [-0.3, -0.25) is 14.4 Å². The molecule has 8 nitrogen and oxygen atoms in total. The summed E-state index contributed by atoms with van der Waals surface area (Å²) in [5.74, 6) is 0.423. The average molecular weight is 631 g/mol. The molecule has 5 rings (SSSR count). The third kappa shape index (κ3) is 7.77. The lowest BCUT2D eigenvalue weighted by Gasteiger charge is -2.12. The van der Waals surface area contributed by atoms with Crippen LogP contribution in [0.2, 0.25) is 0 Å². The molecule has 0 atom stereocenters. The fraction of sp³-hybridized carbons (Fsp3) is 0.0645. The molecule has 0 saturated carbocycles. The molecule has 0 aromatic heterocycles. The van der Waals surface area contributed by atoms with Crippen molar-refractivity contribution in [2.75, 3.05) is 23.2 Å². The number of anilines is 2. The number of ether oxygens (including phenoxy) is 2. The SMILES string of the molecule is O=C(CSc1ccc(NC(=O)/C(=C/c2ccc(Br)cc2)NC(=O)c2ccccc2)cc1)Nc1ccc2c(c1)OCO2. The van der Waals surface area contributed by atoms with Crippen molar-refractivity contribution in [3.8, 4) is 11.5 Å². The molecule has 0 saturated heterocycles. The van der Waals surface area contributed by atoms with Gasteiger partial charge in [0.2, 0.25) is 12.7 Å². The van der Waals surface area contributed by atoms with Crippen LogP contribution in [0.25, 0.3) is 6.08 Å². The van der Waals surface area contributed by atoms with E-state index in [4.69, 9.17) is 9.47 Å². The topological polar surface area (TPSA) is 106 Å². The third-order valence-corrected chi connectivity index (χ3v) is 7.39. The lowest BCUT2D eigenvalue weighted by atomic mass is 10.1. The van der Waals surface area contributed by atoms with Gasteiger partial charge in [0.15, 0.2) is 11.5 Å². The molecule has 3 amide bonds. The first-order chi connectivity index (χ1) is 19.9. The molecule has 3 N–H and O–H groups in total. The Kier molecular flexibility index (Phi) is 9.02. The highest BCUT2D eigenvalue weighted by Gasteiger charge is 2.16. The highest BCUT2D eigenvalue weighted by Crippen LogP contribution is 2.34. The molecular formula is C31H24BrN3O5S. The number of thioether (sulfide) groups is 1. The lowest BCUT2D eigenvalue weighted by Crippen LogP contribution is -2.30. The summed E-state index contributed by atoms with van der Waals surface area (Å²) in [4.78, 5) is 39.3. The van der Waals surface area contributed by atoms with E-state index in [0.717, 1.165) is 14.9 Å². The van der Waals surface area contributed by atoms with E-state index in [-0.39, 0.29) is 24.2 Å². The van der Waals surface area contributed by atoms with Crippen LogP contribution in [0.15, 0.2) is 112 Å². The summed E-state index contributed by atoms with van der Waals surface area (Å²) < 4.78 is 11.5. The predicted octanol–water partition coefficient (Wildman–Crippen LogP) is 6.32. The maximum atomic E-state index is 13.2. The molecule has 0 fully saturated rings. The van der Waals surface area contributed by atoms with Crippen LogP contribution in [0, 0.1) is 0 Å². The molecule has 0 aliphatic carbocycles. The minimum Gasteiger partial charge on any atom is -0.454 e. The summed E-state index contributed by atoms with van der Waals surface area (Å²) in [5, 5.41) is 8.41. The largest absolute Gasteiger partial charge is 0.454 e. The molecule has 1 aliphatic heterocycles. The molecule has 0 radical (unpaired) electrons. The van der Waals surface area contributed by atoms with Crippen molar-refractivity contribution in [2.24, 2.45) is 0 Å². The number of rotatable bonds is 9. The van der Waals surface area contributed by atoms with E-state index in [1.165, 1.54) is 11.8 Å². The number of benzene rings is 4. The minimum absolute atomic E-state index is 0.0971. The van der Waals surface area contributed by atoms with Crippen molar-refractivity contribution in [2.45, 2.75) is 4.90 Å². The van der Waals surface area contributed by atoms with Crippen molar-refractivity contribution in [3.05, 3.63) is 118 Å². The van der Waals surface area contributed by atoms with Crippen LogP contribution in [-0.2, 0) is 9.59 Å². The third-order valence-electron chi connectivity index (χ3n) is 5.85. The van der Waals surface area contributed by atoms with E-state index < -0.39 is 11.8 Å². The average Bonchev–Trinajstić information content (AvgIpc) is 3.46. The second kappa shape index (κ2) is 13.2. The Morgan fingerprint density at radius 3 is 2.27 bits per heavy atom. The van der Waals surface area contributed by atoms with E-state index >= 15 is 0 Å². The summed E-state index contributed by atoms with van der Waals surface area (Å²) in [5.41, 5.74) is 2.45. The van der Waals surface area contributed by atoms with Gasteiger partial charge in [-0.25, -0.2) is 0 Å². The number of hydrogen-bond acceptors (Lipinski definition) is 6. The van der Waals surface area contributed by atoms with E-state index in [1.54, 1.807) is 60.7 Å². The lowest BCUT2D eigenvalue weighted by molar-refractivity contribution is -0.114. The molecule has 4 aromatic rings. The van der Waals surface area contributed by atoms with E-state index in [2.05, 4.69) is 31.9 Å². The standard InChI is InChI=1S/C31H24BrN3O5S/c32-22-8-6-20(7-9-22)16-26(35-30(37)21-4-2-1-3-5-21)31(38)34-23-10-13-25(14-11-23)41-18-29(36)33-24-12-15-27-28(17-24)40-19-39-27/h1-17H,18-19H2,(H,33,36)(H,34,38)(H,35,37)/b26-16-. The Morgan fingerprint density at radius 2 is 1.51 bits per heavy atom. The Hall–Kier alpha value is -4.54. The molecule has 4 aromatic carbocycles. The summed E-state index contributed by atoms with van der Waals surface area (Å²) in [6.45, 7) is 0.171. The minimum atomic E-state index is -0.472. The summed E-state index contributed by atoms with van der Waals surface area (Å²) >= 11 is 4.77. The maximum absolute atomic E-state index is 13.2. The summed E-state index contributed by atoms with van der Waals surface area (Å²) in [7, 11) is 0. The number of amides is 3. The Balaban J connectivity index is 1.20. The van der Waals surface area contributed by atoms with Crippen molar-refractivity contribution >= 4 is 62.9 Å². The van der Waals surface area contributed by atoms with Gasteiger partial charge in [0, 0.05) is 32.4 Å². The van der Waals surface area contributed by atoms with Gasteiger partial charge in [-0.05, 0) is 72.3 Å². The van der Waals surface area contributed by atoms with Crippen LogP contribution in [0.3, 0.4) is 0 Å². The molecular weight excluding hydrogens is 606 g/mol. The molecule has 41 heavy (non-hydrogen) atoms. The monoisotopic (exact) mass is 629 g/mol. The fourth-order valence-electron chi connectivity index (χ4n) is 3.82. The maximum Gasteiger partial charge on any atom is 0.272 e. The Morgan fingerprint density at radius 1 is 0.805 bits per heavy atom. The molecule has 1 aliphatic rings. The number of halogens is 1. The van der Waals surface area contributed by atoms with Crippen LogP contribution in [0.5, 0.6) is 11.5 Å². The fourth-order valence-corrected chi connectivity index (χ4v) is 4.78. The number of hydrogen-bond donors (Lipinski definition) is 3. The van der Waals surface area contributed by atoms with Crippen LogP contribution in [0.4, 0.5) is 11.4 Å². The van der Waals surface area contributed by atoms with Crippen LogP contribution in [-0.4, -0.2) is 30.3 Å².